The summed E-state index contributed by atoms with van der Waals surface area (Å²) in [6.07, 6.45) is 9.61. The maximum Gasteiger partial charge on any atom is 0.322 e. The summed E-state index contributed by atoms with van der Waals surface area (Å²) in [6, 6.07) is -2.33. The third-order valence-corrected chi connectivity index (χ3v) is 5.74. The van der Waals surface area contributed by atoms with Crippen LogP contribution in [-0.4, -0.2) is 58.5 Å². The Bertz CT molecular complexity index is 660. The van der Waals surface area contributed by atoms with Gasteiger partial charge in [0.15, 0.2) is 0 Å². The molecule has 2 fully saturated rings. The van der Waals surface area contributed by atoms with E-state index in [9.17, 15) is 19.2 Å². The second-order valence-electron chi connectivity index (χ2n) is 8.10. The molecule has 30 heavy (non-hydrogen) atoms. The first kappa shape index (κ1) is 23.9. The Morgan fingerprint density at radius 1 is 1.10 bits per heavy atom. The number of nitrogens with one attached hydrogen (secondary N) is 3. The fourth-order valence-corrected chi connectivity index (χ4v) is 4.04. The van der Waals surface area contributed by atoms with E-state index >= 15 is 0 Å². The van der Waals surface area contributed by atoms with E-state index in [2.05, 4.69) is 16.1 Å². The van der Waals surface area contributed by atoms with Crippen LogP contribution in [0.25, 0.3) is 0 Å². The molecule has 4 N–H and O–H groups in total. The number of aliphatic carboxylic acids is 1. The Kier molecular flexibility index (Phi) is 9.29. The van der Waals surface area contributed by atoms with Gasteiger partial charge in [-0.05, 0) is 45.4 Å². The summed E-state index contributed by atoms with van der Waals surface area (Å²) >= 11 is 0. The lowest BCUT2D eigenvalue weighted by atomic mass is 9.83. The van der Waals surface area contributed by atoms with Crippen molar-refractivity contribution in [2.45, 2.75) is 83.3 Å². The molecule has 0 radical (unpaired) electrons. The number of carboxylic acid groups (broad SMARTS) is 1. The first-order valence-corrected chi connectivity index (χ1v) is 10.8. The molecule has 0 aromatic carbocycles. The summed E-state index contributed by atoms with van der Waals surface area (Å²) in [6.45, 7) is 3.79. The predicted molar refractivity (Wildman–Crippen MR) is 111 cm³/mol. The third-order valence-electron chi connectivity index (χ3n) is 5.74. The van der Waals surface area contributed by atoms with Crippen LogP contribution < -0.4 is 16.1 Å². The summed E-state index contributed by atoms with van der Waals surface area (Å²) in [5.41, 5.74) is 2.71. The molecular formula is C21H34N4O5. The molecule has 1 saturated heterocycles. The monoisotopic (exact) mass is 422 g/mol. The molecule has 1 aliphatic carbocycles. The highest BCUT2D eigenvalue weighted by Crippen LogP contribution is 2.27. The zero-order valence-corrected chi connectivity index (χ0v) is 17.9. The smallest absolute Gasteiger partial charge is 0.322 e. The number of allylic oxidation sites excluding steroid dienone is 1. The van der Waals surface area contributed by atoms with Crippen molar-refractivity contribution in [2.24, 2.45) is 5.92 Å². The minimum Gasteiger partial charge on any atom is -0.480 e. The Labute approximate surface area is 177 Å². The molecule has 0 bridgehead atoms. The second kappa shape index (κ2) is 11.7. The van der Waals surface area contributed by atoms with Gasteiger partial charge in [-0.15, -0.1) is 0 Å². The van der Waals surface area contributed by atoms with E-state index in [0.29, 0.717) is 19.4 Å². The van der Waals surface area contributed by atoms with E-state index < -0.39 is 30.0 Å². The molecule has 9 nitrogen and oxygen atoms in total. The Morgan fingerprint density at radius 3 is 2.43 bits per heavy atom. The molecule has 2 aliphatic rings. The van der Waals surface area contributed by atoms with Gasteiger partial charge in [-0.3, -0.25) is 24.2 Å². The van der Waals surface area contributed by atoms with Gasteiger partial charge in [-0.25, -0.2) is 5.43 Å². The number of carboxylic acids is 1. The number of rotatable bonds is 8. The first-order valence-electron chi connectivity index (χ1n) is 10.8. The van der Waals surface area contributed by atoms with Crippen LogP contribution in [-0.2, 0) is 19.2 Å². The van der Waals surface area contributed by atoms with Crippen LogP contribution in [0.3, 0.4) is 0 Å². The molecule has 1 aliphatic heterocycles. The zero-order chi connectivity index (χ0) is 22.1. The van der Waals surface area contributed by atoms with Crippen molar-refractivity contribution in [3.63, 3.8) is 0 Å². The maximum absolute atomic E-state index is 13.0. The maximum atomic E-state index is 13.0. The summed E-state index contributed by atoms with van der Waals surface area (Å²) in [5, 5.41) is 16.0. The molecule has 3 atom stereocenters. The number of hydrogen-bond donors (Lipinski definition) is 4. The van der Waals surface area contributed by atoms with Gasteiger partial charge in [0, 0.05) is 13.0 Å². The number of carbonyl (C=O) groups is 4. The van der Waals surface area contributed by atoms with Crippen LogP contribution in [0.4, 0.5) is 0 Å². The standard InChI is InChI=1S/C21H34N4O5/c1-3-4-12-17(26)23-18(15-9-6-5-7-10-15)19(27)22-14(2)20(28)25-13-8-11-16(24-25)21(29)30/h3-4,14-16,18,24H,5-13H2,1-2H3,(H,22,27)(H,23,26)(H,29,30)/b4-3+. The molecule has 0 aromatic heterocycles. The van der Waals surface area contributed by atoms with Gasteiger partial charge >= 0.3 is 5.97 Å². The molecule has 168 valence electrons. The highest BCUT2D eigenvalue weighted by Gasteiger charge is 2.34. The van der Waals surface area contributed by atoms with Crippen molar-refractivity contribution in [1.82, 2.24) is 21.1 Å². The highest BCUT2D eigenvalue weighted by molar-refractivity contribution is 5.92. The summed E-state index contributed by atoms with van der Waals surface area (Å²) in [4.78, 5) is 49.2. The van der Waals surface area contributed by atoms with Gasteiger partial charge in [0.25, 0.3) is 5.91 Å². The summed E-state index contributed by atoms with van der Waals surface area (Å²) < 4.78 is 0. The Morgan fingerprint density at radius 2 is 1.80 bits per heavy atom. The third kappa shape index (κ3) is 6.83. The molecule has 1 saturated carbocycles. The van der Waals surface area contributed by atoms with Crippen LogP contribution in [0, 0.1) is 5.92 Å². The van der Waals surface area contributed by atoms with Crippen LogP contribution >= 0.6 is 0 Å². The fraction of sp³-hybridized carbons (Fsp3) is 0.714. The zero-order valence-electron chi connectivity index (χ0n) is 17.9. The molecule has 9 heteroatoms. The van der Waals surface area contributed by atoms with Crippen molar-refractivity contribution in [3.05, 3.63) is 12.2 Å². The minimum absolute atomic E-state index is 0.0418. The molecule has 0 spiro atoms. The summed E-state index contributed by atoms with van der Waals surface area (Å²) in [7, 11) is 0. The van der Waals surface area contributed by atoms with Gasteiger partial charge in [0.2, 0.25) is 11.8 Å². The number of carbonyl (C=O) groups excluding carboxylic acids is 3. The van der Waals surface area contributed by atoms with E-state index in [1.165, 1.54) is 5.01 Å². The van der Waals surface area contributed by atoms with Crippen LogP contribution in [0.15, 0.2) is 12.2 Å². The highest BCUT2D eigenvalue weighted by atomic mass is 16.4. The van der Waals surface area contributed by atoms with E-state index in [0.717, 1.165) is 32.1 Å². The van der Waals surface area contributed by atoms with E-state index in [1.807, 2.05) is 6.92 Å². The lowest BCUT2D eigenvalue weighted by molar-refractivity contribution is -0.148. The number of hydrogen-bond acceptors (Lipinski definition) is 5. The normalized spacial score (nSPS) is 22.3. The van der Waals surface area contributed by atoms with Gasteiger partial charge in [-0.1, -0.05) is 31.4 Å². The lowest BCUT2D eigenvalue weighted by Gasteiger charge is -2.34. The number of amides is 3. The SMILES string of the molecule is C/C=C/CC(=O)NC(C(=O)NC(C)C(=O)N1CCCC(C(=O)O)N1)C1CCCCC1. The van der Waals surface area contributed by atoms with Gasteiger partial charge in [0.05, 0.1) is 0 Å². The molecular weight excluding hydrogens is 388 g/mol. The number of nitrogens with zero attached hydrogens (tertiary/aromatic N) is 1. The largest absolute Gasteiger partial charge is 0.480 e. The van der Waals surface area contributed by atoms with E-state index in [4.69, 9.17) is 5.11 Å². The van der Waals surface area contributed by atoms with Crippen molar-refractivity contribution < 1.29 is 24.3 Å². The minimum atomic E-state index is -1.01. The quantitative estimate of drug-likeness (QED) is 0.434. The van der Waals surface area contributed by atoms with Crippen LogP contribution in [0.2, 0.25) is 0 Å². The average Bonchev–Trinajstić information content (AvgIpc) is 2.75. The van der Waals surface area contributed by atoms with Gasteiger partial charge < -0.3 is 15.7 Å². The van der Waals surface area contributed by atoms with Gasteiger partial charge in [-0.2, -0.15) is 0 Å². The van der Waals surface area contributed by atoms with Crippen molar-refractivity contribution in [2.75, 3.05) is 6.54 Å². The van der Waals surface area contributed by atoms with Crippen molar-refractivity contribution in [3.8, 4) is 0 Å². The van der Waals surface area contributed by atoms with Gasteiger partial charge in [0.1, 0.15) is 18.1 Å². The molecule has 2 rings (SSSR count). The summed E-state index contributed by atoms with van der Waals surface area (Å²) in [5.74, 6) is -1.95. The molecule has 3 amide bonds. The van der Waals surface area contributed by atoms with Crippen molar-refractivity contribution >= 4 is 23.7 Å². The molecule has 3 unspecified atom stereocenters. The first-order chi connectivity index (χ1) is 14.3. The average molecular weight is 423 g/mol. The molecule has 0 aromatic rings. The van der Waals surface area contributed by atoms with Crippen LogP contribution in [0.5, 0.6) is 0 Å². The Balaban J connectivity index is 2.00. The predicted octanol–water partition coefficient (Wildman–Crippen LogP) is 1.10. The Hall–Kier alpha value is -2.42. The van der Waals surface area contributed by atoms with Crippen LogP contribution in [0.1, 0.15) is 65.2 Å². The van der Waals surface area contributed by atoms with E-state index in [-0.39, 0.29) is 24.2 Å². The topological polar surface area (TPSA) is 128 Å². The second-order valence-corrected chi connectivity index (χ2v) is 8.10. The molecule has 1 heterocycles. The lowest BCUT2D eigenvalue weighted by Crippen LogP contribution is -2.61. The van der Waals surface area contributed by atoms with Crippen molar-refractivity contribution in [1.29, 1.82) is 0 Å². The van der Waals surface area contributed by atoms with E-state index in [1.54, 1.807) is 19.1 Å². The fourth-order valence-electron chi connectivity index (χ4n) is 4.04. The number of hydrazine groups is 1.